The zero-order valence-corrected chi connectivity index (χ0v) is 6.61. The highest BCUT2D eigenvalue weighted by Crippen LogP contribution is 2.72. The summed E-state index contributed by atoms with van der Waals surface area (Å²) in [6.45, 7) is 0. The molecule has 4 aliphatic rings. The first-order valence-electron chi connectivity index (χ1n) is 5.04. The van der Waals surface area contributed by atoms with Crippen LogP contribution in [0, 0.1) is 35.5 Å². The van der Waals surface area contributed by atoms with Gasteiger partial charge >= 0.3 is 0 Å². The number of aliphatic hydroxyl groups is 1. The molecule has 0 aromatic rings. The molecule has 0 aliphatic heterocycles. The lowest BCUT2D eigenvalue weighted by Gasteiger charge is -2.38. The molecule has 4 fully saturated rings. The van der Waals surface area contributed by atoms with Gasteiger partial charge in [0.15, 0.2) is 0 Å². The van der Waals surface area contributed by atoms with Crippen molar-refractivity contribution in [1.29, 1.82) is 0 Å². The zero-order chi connectivity index (χ0) is 7.16. The molecule has 0 aromatic heterocycles. The summed E-state index contributed by atoms with van der Waals surface area (Å²) in [6, 6.07) is 0. The summed E-state index contributed by atoms with van der Waals surface area (Å²) in [5, 5.41) is 9.91. The smallest absolute Gasteiger partial charge is 0.0604 e. The van der Waals surface area contributed by atoms with Gasteiger partial charge in [-0.1, -0.05) is 0 Å². The second-order valence-corrected chi connectivity index (χ2v) is 5.19. The van der Waals surface area contributed by atoms with Crippen LogP contribution in [0.25, 0.3) is 0 Å². The van der Waals surface area contributed by atoms with Gasteiger partial charge in [0.25, 0.3) is 0 Å². The van der Waals surface area contributed by atoms with Gasteiger partial charge < -0.3 is 5.11 Å². The van der Waals surface area contributed by atoms with Gasteiger partial charge in [-0.2, -0.15) is 0 Å². The normalized spacial score (nSPS) is 75.5. The predicted octanol–water partition coefficient (Wildman–Crippen LogP) is 1.27. The minimum Gasteiger partial charge on any atom is -0.393 e. The maximum atomic E-state index is 9.91. The van der Waals surface area contributed by atoms with E-state index in [9.17, 15) is 5.11 Å². The van der Waals surface area contributed by atoms with Crippen LogP contribution in [0.3, 0.4) is 0 Å². The Morgan fingerprint density at radius 1 is 0.818 bits per heavy atom. The van der Waals surface area contributed by atoms with E-state index in [1.54, 1.807) is 0 Å². The molecule has 0 radical (unpaired) electrons. The molecule has 0 heterocycles. The van der Waals surface area contributed by atoms with Crippen LogP contribution in [0.4, 0.5) is 0 Å². The molecule has 7 atom stereocenters. The lowest BCUT2D eigenvalue weighted by atomic mass is 9.69. The molecule has 0 aromatic carbocycles. The van der Waals surface area contributed by atoms with E-state index in [0.717, 1.165) is 35.5 Å². The Hall–Kier alpha value is -0.0400. The Morgan fingerprint density at radius 3 is 2.18 bits per heavy atom. The summed E-state index contributed by atoms with van der Waals surface area (Å²) in [5.41, 5.74) is 0. The van der Waals surface area contributed by atoms with Crippen molar-refractivity contribution in [3.63, 3.8) is 0 Å². The Labute approximate surface area is 66.8 Å². The molecule has 0 amide bonds. The quantitative estimate of drug-likeness (QED) is 0.551. The molecule has 1 heteroatoms. The van der Waals surface area contributed by atoms with Crippen molar-refractivity contribution in [1.82, 2.24) is 0 Å². The molecule has 1 nitrogen and oxygen atoms in total. The SMILES string of the molecule is OC1C2CC3C4CC(CC24)C13. The summed E-state index contributed by atoms with van der Waals surface area (Å²) < 4.78 is 0. The van der Waals surface area contributed by atoms with Crippen LogP contribution in [0.2, 0.25) is 0 Å². The zero-order valence-electron chi connectivity index (χ0n) is 6.61. The van der Waals surface area contributed by atoms with Crippen LogP contribution < -0.4 is 0 Å². The summed E-state index contributed by atoms with van der Waals surface area (Å²) in [5.74, 6) is 5.45. The largest absolute Gasteiger partial charge is 0.393 e. The fourth-order valence-corrected chi connectivity index (χ4v) is 5.11. The van der Waals surface area contributed by atoms with Crippen molar-refractivity contribution in [2.24, 2.45) is 35.5 Å². The predicted molar refractivity (Wildman–Crippen MR) is 40.8 cm³/mol. The molecule has 11 heavy (non-hydrogen) atoms. The summed E-state index contributed by atoms with van der Waals surface area (Å²) in [7, 11) is 0. The monoisotopic (exact) mass is 150 g/mol. The first-order chi connectivity index (χ1) is 5.36. The third kappa shape index (κ3) is 0.395. The number of hydrogen-bond donors (Lipinski definition) is 1. The van der Waals surface area contributed by atoms with Gasteiger partial charge in [-0.25, -0.2) is 0 Å². The summed E-state index contributed by atoms with van der Waals surface area (Å²) in [4.78, 5) is 0. The van der Waals surface area contributed by atoms with E-state index < -0.39 is 0 Å². The average molecular weight is 150 g/mol. The van der Waals surface area contributed by atoms with Crippen molar-refractivity contribution >= 4 is 0 Å². The molecule has 7 unspecified atom stereocenters. The topological polar surface area (TPSA) is 20.2 Å². The van der Waals surface area contributed by atoms with Crippen molar-refractivity contribution in [2.75, 3.05) is 0 Å². The van der Waals surface area contributed by atoms with Gasteiger partial charge in [0.05, 0.1) is 6.10 Å². The minimum atomic E-state index is 0.127. The first-order valence-corrected chi connectivity index (χ1v) is 5.04. The highest BCUT2D eigenvalue weighted by molar-refractivity contribution is 5.17. The van der Waals surface area contributed by atoms with Crippen LogP contribution in [0.5, 0.6) is 0 Å². The highest BCUT2D eigenvalue weighted by atomic mass is 16.3. The van der Waals surface area contributed by atoms with Crippen LogP contribution in [-0.2, 0) is 0 Å². The van der Waals surface area contributed by atoms with Crippen molar-refractivity contribution in [3.05, 3.63) is 0 Å². The van der Waals surface area contributed by atoms with Crippen LogP contribution >= 0.6 is 0 Å². The molecule has 1 N–H and O–H groups in total. The number of aliphatic hydroxyl groups excluding tert-OH is 1. The van der Waals surface area contributed by atoms with Crippen molar-refractivity contribution < 1.29 is 5.11 Å². The van der Waals surface area contributed by atoms with E-state index in [2.05, 4.69) is 0 Å². The highest BCUT2D eigenvalue weighted by Gasteiger charge is 2.68. The molecular formula is C10H14O. The van der Waals surface area contributed by atoms with Gasteiger partial charge in [-0.15, -0.1) is 0 Å². The number of rotatable bonds is 0. The lowest BCUT2D eigenvalue weighted by Crippen LogP contribution is -2.39. The van der Waals surface area contributed by atoms with E-state index in [1.165, 1.54) is 19.3 Å². The van der Waals surface area contributed by atoms with E-state index >= 15 is 0 Å². The Bertz CT molecular complexity index is 219. The number of fused-ring (bicyclic) bond motifs is 4. The maximum Gasteiger partial charge on any atom is 0.0604 e. The van der Waals surface area contributed by atoms with Crippen molar-refractivity contribution in [3.8, 4) is 0 Å². The summed E-state index contributed by atoms with van der Waals surface area (Å²) in [6.07, 6.45) is 4.47. The first kappa shape index (κ1) is 5.58. The second kappa shape index (κ2) is 1.39. The third-order valence-corrected chi connectivity index (χ3v) is 5.22. The molecule has 0 spiro atoms. The molecule has 4 bridgehead atoms. The Kier molecular flexibility index (Phi) is 0.706. The molecule has 4 saturated carbocycles. The van der Waals surface area contributed by atoms with Crippen LogP contribution in [0.1, 0.15) is 19.3 Å². The summed E-state index contributed by atoms with van der Waals surface area (Å²) >= 11 is 0. The van der Waals surface area contributed by atoms with E-state index in [1.807, 2.05) is 0 Å². The maximum absolute atomic E-state index is 9.91. The van der Waals surface area contributed by atoms with E-state index in [0.29, 0.717) is 0 Å². The molecule has 60 valence electrons. The third-order valence-electron chi connectivity index (χ3n) is 5.22. The standard InChI is InChI=1S/C10H14O/c11-10-8-3-7-5-1-4(9(7)10)2-6(5)8/h4-11H,1-3H2. The second-order valence-electron chi connectivity index (χ2n) is 5.19. The Balaban J connectivity index is 1.94. The average Bonchev–Trinajstić information content (AvgIpc) is 2.53. The fourth-order valence-electron chi connectivity index (χ4n) is 5.11. The van der Waals surface area contributed by atoms with E-state index in [-0.39, 0.29) is 6.10 Å². The van der Waals surface area contributed by atoms with Gasteiger partial charge in [0, 0.05) is 0 Å². The van der Waals surface area contributed by atoms with Gasteiger partial charge in [0.1, 0.15) is 0 Å². The molecule has 4 rings (SSSR count). The van der Waals surface area contributed by atoms with E-state index in [4.69, 9.17) is 0 Å². The molecule has 0 saturated heterocycles. The van der Waals surface area contributed by atoms with Crippen molar-refractivity contribution in [2.45, 2.75) is 25.4 Å². The van der Waals surface area contributed by atoms with Gasteiger partial charge in [0.2, 0.25) is 0 Å². The van der Waals surface area contributed by atoms with Gasteiger partial charge in [-0.3, -0.25) is 0 Å². The van der Waals surface area contributed by atoms with Crippen LogP contribution in [0.15, 0.2) is 0 Å². The van der Waals surface area contributed by atoms with Gasteiger partial charge in [-0.05, 0) is 54.8 Å². The molecule has 4 aliphatic carbocycles. The molecular weight excluding hydrogens is 136 g/mol. The lowest BCUT2D eigenvalue weighted by molar-refractivity contribution is -0.0176. The number of hydrogen-bond acceptors (Lipinski definition) is 1. The minimum absolute atomic E-state index is 0.127. The Morgan fingerprint density at radius 2 is 1.55 bits per heavy atom. The van der Waals surface area contributed by atoms with Crippen LogP contribution in [-0.4, -0.2) is 11.2 Å². The fraction of sp³-hybridized carbons (Fsp3) is 1.00.